The van der Waals surface area contributed by atoms with Crippen molar-refractivity contribution < 1.29 is 9.53 Å². The van der Waals surface area contributed by atoms with E-state index in [4.69, 9.17) is 4.74 Å². The van der Waals surface area contributed by atoms with Crippen LogP contribution in [0, 0.1) is 24.2 Å². The maximum atomic E-state index is 12.1. The van der Waals surface area contributed by atoms with Crippen LogP contribution < -0.4 is 5.56 Å². The second-order valence-electron chi connectivity index (χ2n) is 4.74. The lowest BCUT2D eigenvalue weighted by Crippen LogP contribution is -2.27. The van der Waals surface area contributed by atoms with Crippen LogP contribution in [-0.2, 0) is 9.53 Å². The van der Waals surface area contributed by atoms with Gasteiger partial charge in [0.1, 0.15) is 0 Å². The van der Waals surface area contributed by atoms with E-state index in [1.807, 2.05) is 6.07 Å². The van der Waals surface area contributed by atoms with Gasteiger partial charge in [0, 0.05) is 29.6 Å². The number of carbonyl (C=O) groups is 1. The molecule has 7 heteroatoms. The summed E-state index contributed by atoms with van der Waals surface area (Å²) < 4.78 is 4.97. The Hall–Kier alpha value is -2.88. The molecule has 2 heterocycles. The van der Waals surface area contributed by atoms with Gasteiger partial charge in [0.05, 0.1) is 12.7 Å². The molecule has 2 atom stereocenters. The molecule has 0 saturated carbocycles. The molecule has 0 aromatic carbocycles. The summed E-state index contributed by atoms with van der Waals surface area (Å²) in [5, 5.41) is 14.6. The van der Waals surface area contributed by atoms with Crippen molar-refractivity contribution in [3.8, 4) is 6.07 Å². The number of nitrogens with one attached hydrogen (secondary N) is 2. The van der Waals surface area contributed by atoms with Gasteiger partial charge in [-0.15, -0.1) is 0 Å². The lowest BCUT2D eigenvalue weighted by atomic mass is 9.82. The zero-order valence-corrected chi connectivity index (χ0v) is 12.3. The molecule has 0 fully saturated rings. The van der Waals surface area contributed by atoms with Crippen LogP contribution in [-0.4, -0.2) is 27.8 Å². The Balaban J connectivity index is 2.59. The summed E-state index contributed by atoms with van der Waals surface area (Å²) in [6.45, 7) is 3.54. The third-order valence-electron chi connectivity index (χ3n) is 3.38. The van der Waals surface area contributed by atoms with Crippen LogP contribution in [0.4, 0.5) is 0 Å². The predicted octanol–water partition coefficient (Wildman–Crippen LogP) is 1.24. The van der Waals surface area contributed by atoms with Crippen molar-refractivity contribution in [2.24, 2.45) is 5.92 Å². The Morgan fingerprint density at radius 3 is 2.77 bits per heavy atom. The lowest BCUT2D eigenvalue weighted by molar-refractivity contribution is -0.146. The number of esters is 1. The monoisotopic (exact) mass is 300 g/mol. The molecule has 2 rings (SSSR count). The highest BCUT2D eigenvalue weighted by molar-refractivity contribution is 5.77. The van der Waals surface area contributed by atoms with Crippen molar-refractivity contribution in [2.75, 3.05) is 6.61 Å². The van der Waals surface area contributed by atoms with Gasteiger partial charge < -0.3 is 9.84 Å². The van der Waals surface area contributed by atoms with Gasteiger partial charge in [-0.05, 0) is 25.5 Å². The van der Waals surface area contributed by atoms with Gasteiger partial charge in [0.25, 0.3) is 5.56 Å². The molecule has 0 aliphatic rings. The van der Waals surface area contributed by atoms with Gasteiger partial charge in [-0.2, -0.15) is 5.26 Å². The van der Waals surface area contributed by atoms with Crippen LogP contribution in [0.1, 0.15) is 29.7 Å². The fourth-order valence-corrected chi connectivity index (χ4v) is 2.41. The maximum Gasteiger partial charge on any atom is 0.324 e. The van der Waals surface area contributed by atoms with E-state index in [0.29, 0.717) is 16.8 Å². The average Bonchev–Trinajstić information content (AvgIpc) is 2.85. The minimum absolute atomic E-state index is 0.166. The van der Waals surface area contributed by atoms with Gasteiger partial charge in [0.2, 0.25) is 0 Å². The lowest BCUT2D eigenvalue weighted by Gasteiger charge is -2.20. The topological polar surface area (TPSA) is 112 Å². The largest absolute Gasteiger partial charge is 0.465 e. The summed E-state index contributed by atoms with van der Waals surface area (Å²) in [6.07, 6.45) is 3.13. The molecule has 2 aromatic rings. The molecule has 0 saturated heterocycles. The number of hydrogen-bond donors (Lipinski definition) is 2. The summed E-state index contributed by atoms with van der Waals surface area (Å²) in [4.78, 5) is 28.2. The first kappa shape index (κ1) is 15.5. The second-order valence-corrected chi connectivity index (χ2v) is 4.74. The van der Waals surface area contributed by atoms with Gasteiger partial charge in [0.15, 0.2) is 5.92 Å². The minimum atomic E-state index is -1.13. The molecular formula is C15H16N4O3. The standard InChI is InChI=1S/C15H16N4O3/c1-3-22-15(21)11(7-16)13(10-5-4-6-17-8-10)12-9(2)18-19-14(12)20/h4-6,8,11,13H,3H2,1-2H3,(H2,18,19,20)/t11-,13+/m0/s1. The fourth-order valence-electron chi connectivity index (χ4n) is 2.41. The Kier molecular flexibility index (Phi) is 4.73. The molecule has 2 N–H and O–H groups in total. The number of pyridine rings is 1. The summed E-state index contributed by atoms with van der Waals surface area (Å²) in [5.74, 6) is -2.52. The number of rotatable bonds is 5. The first-order valence-electron chi connectivity index (χ1n) is 6.83. The zero-order valence-electron chi connectivity index (χ0n) is 12.3. The van der Waals surface area contributed by atoms with E-state index in [0.717, 1.165) is 0 Å². The van der Waals surface area contributed by atoms with Crippen molar-refractivity contribution in [2.45, 2.75) is 19.8 Å². The van der Waals surface area contributed by atoms with Crippen LogP contribution in [0.15, 0.2) is 29.3 Å². The summed E-state index contributed by atoms with van der Waals surface area (Å²) in [7, 11) is 0. The van der Waals surface area contributed by atoms with Gasteiger partial charge >= 0.3 is 5.97 Å². The third-order valence-corrected chi connectivity index (χ3v) is 3.38. The van der Waals surface area contributed by atoms with E-state index >= 15 is 0 Å². The van der Waals surface area contributed by atoms with Crippen molar-refractivity contribution >= 4 is 5.97 Å². The van der Waals surface area contributed by atoms with E-state index in [9.17, 15) is 14.9 Å². The van der Waals surface area contributed by atoms with Crippen LogP contribution in [0.5, 0.6) is 0 Å². The summed E-state index contributed by atoms with van der Waals surface area (Å²) in [5.41, 5.74) is 1.15. The SMILES string of the molecule is CCOC(=O)[C@@H](C#N)[C@@H](c1cccnc1)c1c(C)[nH][nH]c1=O. The fraction of sp³-hybridized carbons (Fsp3) is 0.333. The van der Waals surface area contributed by atoms with Crippen molar-refractivity contribution in [1.82, 2.24) is 15.2 Å². The van der Waals surface area contributed by atoms with E-state index in [-0.39, 0.29) is 12.2 Å². The number of aromatic nitrogens is 3. The number of ether oxygens (including phenoxy) is 1. The normalized spacial score (nSPS) is 13.1. The molecule has 2 aromatic heterocycles. The van der Waals surface area contributed by atoms with Crippen molar-refractivity contribution in [3.63, 3.8) is 0 Å². The van der Waals surface area contributed by atoms with Crippen LogP contribution in [0.3, 0.4) is 0 Å². The first-order chi connectivity index (χ1) is 10.6. The quantitative estimate of drug-likeness (QED) is 0.807. The molecule has 0 unspecified atom stereocenters. The van der Waals surface area contributed by atoms with E-state index in [2.05, 4.69) is 15.2 Å². The number of nitrogens with zero attached hydrogens (tertiary/aromatic N) is 2. The molecule has 0 aliphatic heterocycles. The van der Waals surface area contributed by atoms with E-state index in [1.54, 1.807) is 38.4 Å². The van der Waals surface area contributed by atoms with Gasteiger partial charge in [-0.1, -0.05) is 6.07 Å². The minimum Gasteiger partial charge on any atom is -0.465 e. The molecule has 0 amide bonds. The molecule has 0 spiro atoms. The molecule has 0 radical (unpaired) electrons. The number of nitriles is 1. The molecule has 7 nitrogen and oxygen atoms in total. The van der Waals surface area contributed by atoms with Gasteiger partial charge in [-0.25, -0.2) is 0 Å². The second kappa shape index (κ2) is 6.72. The highest BCUT2D eigenvalue weighted by Gasteiger charge is 2.35. The molecule has 0 aliphatic carbocycles. The van der Waals surface area contributed by atoms with E-state index < -0.39 is 17.8 Å². The van der Waals surface area contributed by atoms with Crippen molar-refractivity contribution in [1.29, 1.82) is 5.26 Å². The average molecular weight is 300 g/mol. The van der Waals surface area contributed by atoms with E-state index in [1.165, 1.54) is 0 Å². The van der Waals surface area contributed by atoms with Crippen molar-refractivity contribution in [3.05, 3.63) is 51.7 Å². The summed E-state index contributed by atoms with van der Waals surface area (Å²) in [6, 6.07) is 5.38. The maximum absolute atomic E-state index is 12.1. The van der Waals surface area contributed by atoms with Crippen LogP contribution >= 0.6 is 0 Å². The van der Waals surface area contributed by atoms with Crippen LogP contribution in [0.25, 0.3) is 0 Å². The summed E-state index contributed by atoms with van der Waals surface area (Å²) >= 11 is 0. The Labute approximate surface area is 126 Å². The van der Waals surface area contributed by atoms with Crippen LogP contribution in [0.2, 0.25) is 0 Å². The highest BCUT2D eigenvalue weighted by atomic mass is 16.5. The first-order valence-corrected chi connectivity index (χ1v) is 6.83. The number of carbonyl (C=O) groups excluding carboxylic acids is 1. The van der Waals surface area contributed by atoms with Gasteiger partial charge in [-0.3, -0.25) is 19.7 Å². The third kappa shape index (κ3) is 2.91. The number of H-pyrrole nitrogens is 2. The molecule has 114 valence electrons. The Bertz CT molecular complexity index is 742. The zero-order chi connectivity index (χ0) is 16.1. The highest BCUT2D eigenvalue weighted by Crippen LogP contribution is 2.31. The predicted molar refractivity (Wildman–Crippen MR) is 78.0 cm³/mol. The Morgan fingerprint density at radius 2 is 2.27 bits per heavy atom. The number of aryl methyl sites for hydroxylation is 1. The Morgan fingerprint density at radius 1 is 1.50 bits per heavy atom. The smallest absolute Gasteiger partial charge is 0.324 e. The molecule has 22 heavy (non-hydrogen) atoms. The number of aromatic amines is 2. The number of hydrogen-bond acceptors (Lipinski definition) is 5. The molecular weight excluding hydrogens is 284 g/mol. The molecule has 0 bridgehead atoms.